The average Bonchev–Trinajstić information content (AvgIpc) is 2.48. The van der Waals surface area contributed by atoms with Crippen LogP contribution in [0.4, 0.5) is 5.69 Å². The molecule has 4 heteroatoms. The van der Waals surface area contributed by atoms with Crippen LogP contribution in [-0.4, -0.2) is 31.6 Å². The number of hydrogen-bond acceptors (Lipinski definition) is 3. The van der Waals surface area contributed by atoms with Crippen LogP contribution < -0.4 is 16.0 Å². The highest BCUT2D eigenvalue weighted by atomic mass is 16.2. The molecule has 3 N–H and O–H groups in total. The molecule has 1 aromatic carbocycles. The van der Waals surface area contributed by atoms with Gasteiger partial charge in [0.05, 0.1) is 6.04 Å². The average molecular weight is 277 g/mol. The maximum Gasteiger partial charge on any atom is 0.236 e. The van der Waals surface area contributed by atoms with Crippen LogP contribution >= 0.6 is 0 Å². The lowest BCUT2D eigenvalue weighted by Crippen LogP contribution is -2.41. The summed E-state index contributed by atoms with van der Waals surface area (Å²) in [6.45, 7) is 6.76. The lowest BCUT2D eigenvalue weighted by Gasteiger charge is -2.23. The number of hydrogen-bond donors (Lipinski definition) is 2. The van der Waals surface area contributed by atoms with E-state index < -0.39 is 0 Å². The Labute approximate surface area is 122 Å². The maximum absolute atomic E-state index is 11.7. The van der Waals surface area contributed by atoms with Crippen molar-refractivity contribution in [3.8, 4) is 0 Å². The van der Waals surface area contributed by atoms with Crippen molar-refractivity contribution in [2.75, 3.05) is 24.5 Å². The fourth-order valence-electron chi connectivity index (χ4n) is 2.16. The van der Waals surface area contributed by atoms with Crippen molar-refractivity contribution in [2.45, 2.75) is 39.2 Å². The number of anilines is 1. The SMILES string of the molecule is CCC[C@@H](N)C(=O)NCCCN(CC)c1ccccc1. The fourth-order valence-corrected chi connectivity index (χ4v) is 2.16. The maximum atomic E-state index is 11.7. The first kappa shape index (κ1) is 16.5. The molecule has 1 amide bonds. The highest BCUT2D eigenvalue weighted by Crippen LogP contribution is 2.12. The van der Waals surface area contributed by atoms with Crippen molar-refractivity contribution < 1.29 is 4.79 Å². The third-order valence-electron chi connectivity index (χ3n) is 3.34. The molecule has 20 heavy (non-hydrogen) atoms. The Balaban J connectivity index is 2.27. The Morgan fingerprint density at radius 2 is 2.00 bits per heavy atom. The summed E-state index contributed by atoms with van der Waals surface area (Å²) >= 11 is 0. The van der Waals surface area contributed by atoms with E-state index >= 15 is 0 Å². The molecule has 0 spiro atoms. The molecule has 4 nitrogen and oxygen atoms in total. The van der Waals surface area contributed by atoms with E-state index in [0.29, 0.717) is 6.54 Å². The number of amides is 1. The van der Waals surface area contributed by atoms with Gasteiger partial charge in [-0.2, -0.15) is 0 Å². The van der Waals surface area contributed by atoms with E-state index in [9.17, 15) is 4.79 Å². The third-order valence-corrected chi connectivity index (χ3v) is 3.34. The van der Waals surface area contributed by atoms with Gasteiger partial charge in [0.15, 0.2) is 0 Å². The van der Waals surface area contributed by atoms with Crippen molar-refractivity contribution in [2.24, 2.45) is 5.73 Å². The number of benzene rings is 1. The van der Waals surface area contributed by atoms with E-state index in [4.69, 9.17) is 5.73 Å². The summed E-state index contributed by atoms with van der Waals surface area (Å²) in [5.41, 5.74) is 6.99. The molecule has 0 unspecified atom stereocenters. The smallest absolute Gasteiger partial charge is 0.236 e. The van der Waals surface area contributed by atoms with Crippen LogP contribution in [0.2, 0.25) is 0 Å². The van der Waals surface area contributed by atoms with Gasteiger partial charge < -0.3 is 16.0 Å². The Kier molecular flexibility index (Phi) is 7.73. The molecular formula is C16H27N3O. The molecule has 1 aromatic rings. The first-order valence-electron chi connectivity index (χ1n) is 7.52. The van der Waals surface area contributed by atoms with Gasteiger partial charge >= 0.3 is 0 Å². The molecule has 0 fully saturated rings. The lowest BCUT2D eigenvalue weighted by atomic mass is 10.1. The standard InChI is InChI=1S/C16H27N3O/c1-3-9-15(17)16(20)18-12-8-13-19(4-2)14-10-6-5-7-11-14/h5-7,10-11,15H,3-4,8-9,12-13,17H2,1-2H3,(H,18,20)/t15-/m1/s1. The monoisotopic (exact) mass is 277 g/mol. The van der Waals surface area contributed by atoms with Crippen molar-refractivity contribution in [1.82, 2.24) is 5.32 Å². The van der Waals surface area contributed by atoms with Crippen molar-refractivity contribution in [1.29, 1.82) is 0 Å². The molecule has 0 saturated carbocycles. The summed E-state index contributed by atoms with van der Waals surface area (Å²) in [6.07, 6.45) is 2.61. The largest absolute Gasteiger partial charge is 0.372 e. The van der Waals surface area contributed by atoms with Gasteiger partial charge in [0.25, 0.3) is 0 Å². The van der Waals surface area contributed by atoms with Gasteiger partial charge in [0.1, 0.15) is 0 Å². The molecule has 1 atom stereocenters. The molecule has 0 aliphatic rings. The van der Waals surface area contributed by atoms with E-state index in [-0.39, 0.29) is 11.9 Å². The van der Waals surface area contributed by atoms with Crippen LogP contribution in [0, 0.1) is 0 Å². The first-order chi connectivity index (χ1) is 9.69. The van der Waals surface area contributed by atoms with Gasteiger partial charge in [-0.05, 0) is 31.9 Å². The Morgan fingerprint density at radius 1 is 1.30 bits per heavy atom. The van der Waals surface area contributed by atoms with Gasteiger partial charge in [-0.3, -0.25) is 4.79 Å². The second kappa shape index (κ2) is 9.37. The Morgan fingerprint density at radius 3 is 2.60 bits per heavy atom. The van der Waals surface area contributed by atoms with E-state index in [1.54, 1.807) is 0 Å². The molecule has 0 bridgehead atoms. The van der Waals surface area contributed by atoms with Gasteiger partial charge in [-0.1, -0.05) is 31.5 Å². The minimum atomic E-state index is -0.364. The number of nitrogens with one attached hydrogen (secondary N) is 1. The quantitative estimate of drug-likeness (QED) is 0.680. The number of nitrogens with two attached hydrogens (primary N) is 1. The molecule has 0 heterocycles. The lowest BCUT2D eigenvalue weighted by molar-refractivity contribution is -0.122. The molecule has 0 saturated heterocycles. The number of carbonyl (C=O) groups is 1. The van der Waals surface area contributed by atoms with E-state index in [0.717, 1.165) is 32.4 Å². The third kappa shape index (κ3) is 5.61. The molecule has 0 radical (unpaired) electrons. The number of nitrogens with zero attached hydrogens (tertiary/aromatic N) is 1. The van der Waals surface area contributed by atoms with Gasteiger partial charge in [-0.25, -0.2) is 0 Å². The van der Waals surface area contributed by atoms with Gasteiger partial charge in [0, 0.05) is 25.3 Å². The van der Waals surface area contributed by atoms with Crippen LogP contribution in [0.15, 0.2) is 30.3 Å². The summed E-state index contributed by atoms with van der Waals surface area (Å²) in [7, 11) is 0. The molecule has 1 rings (SSSR count). The predicted molar refractivity (Wildman–Crippen MR) is 84.8 cm³/mol. The molecule has 0 aromatic heterocycles. The number of para-hydroxylation sites is 1. The van der Waals surface area contributed by atoms with Gasteiger partial charge in [-0.15, -0.1) is 0 Å². The van der Waals surface area contributed by atoms with Crippen LogP contribution in [0.1, 0.15) is 33.1 Å². The van der Waals surface area contributed by atoms with E-state index in [1.165, 1.54) is 5.69 Å². The second-order valence-corrected chi connectivity index (χ2v) is 4.95. The van der Waals surface area contributed by atoms with E-state index in [1.807, 2.05) is 25.1 Å². The molecule has 0 aliphatic carbocycles. The van der Waals surface area contributed by atoms with Crippen LogP contribution in [-0.2, 0) is 4.79 Å². The summed E-state index contributed by atoms with van der Waals surface area (Å²) in [4.78, 5) is 14.0. The topological polar surface area (TPSA) is 58.4 Å². The first-order valence-corrected chi connectivity index (χ1v) is 7.52. The number of carbonyl (C=O) groups excluding carboxylic acids is 1. The molecule has 0 aliphatic heterocycles. The summed E-state index contributed by atoms with van der Waals surface area (Å²) in [6, 6.07) is 9.97. The Bertz CT molecular complexity index is 381. The zero-order valence-electron chi connectivity index (χ0n) is 12.6. The zero-order valence-corrected chi connectivity index (χ0v) is 12.6. The molecule has 112 valence electrons. The van der Waals surface area contributed by atoms with E-state index in [2.05, 4.69) is 29.3 Å². The highest BCUT2D eigenvalue weighted by Gasteiger charge is 2.11. The minimum absolute atomic E-state index is 0.0328. The van der Waals surface area contributed by atoms with Crippen molar-refractivity contribution in [3.05, 3.63) is 30.3 Å². The Hall–Kier alpha value is -1.55. The summed E-state index contributed by atoms with van der Waals surface area (Å²) < 4.78 is 0. The van der Waals surface area contributed by atoms with Crippen molar-refractivity contribution in [3.63, 3.8) is 0 Å². The van der Waals surface area contributed by atoms with Crippen LogP contribution in [0.3, 0.4) is 0 Å². The normalized spacial score (nSPS) is 11.9. The number of rotatable bonds is 9. The second-order valence-electron chi connectivity index (χ2n) is 4.95. The summed E-state index contributed by atoms with van der Waals surface area (Å²) in [5, 5.41) is 2.91. The fraction of sp³-hybridized carbons (Fsp3) is 0.562. The van der Waals surface area contributed by atoms with Crippen LogP contribution in [0.5, 0.6) is 0 Å². The van der Waals surface area contributed by atoms with Gasteiger partial charge in [0.2, 0.25) is 5.91 Å². The van der Waals surface area contributed by atoms with Crippen LogP contribution in [0.25, 0.3) is 0 Å². The molecular weight excluding hydrogens is 250 g/mol. The highest BCUT2D eigenvalue weighted by molar-refractivity contribution is 5.81. The predicted octanol–water partition coefficient (Wildman–Crippen LogP) is 2.15. The summed E-state index contributed by atoms with van der Waals surface area (Å²) in [5.74, 6) is -0.0328. The zero-order chi connectivity index (χ0) is 14.8. The minimum Gasteiger partial charge on any atom is -0.372 e. The van der Waals surface area contributed by atoms with Crippen molar-refractivity contribution >= 4 is 11.6 Å².